The van der Waals surface area contributed by atoms with Crippen LogP contribution in [-0.2, 0) is 9.59 Å². The normalized spacial score (nSPS) is 22.6. The minimum atomic E-state index is -0.746. The first-order valence-electron chi connectivity index (χ1n) is 10.4. The molecule has 6 nitrogen and oxygen atoms in total. The first kappa shape index (κ1) is 19.4. The Morgan fingerprint density at radius 1 is 1.14 bits per heavy atom. The monoisotopic (exact) mass is 393 g/mol. The van der Waals surface area contributed by atoms with Gasteiger partial charge in [0, 0.05) is 38.2 Å². The summed E-state index contributed by atoms with van der Waals surface area (Å²) in [7, 11) is 0. The quantitative estimate of drug-likeness (QED) is 0.704. The van der Waals surface area contributed by atoms with Crippen LogP contribution in [0.1, 0.15) is 48.6 Å². The Bertz CT molecular complexity index is 871. The maximum Gasteiger partial charge on any atom is 0.303 e. The lowest BCUT2D eigenvalue weighted by Crippen LogP contribution is -2.42. The SMILES string of the molecule is O=C(O)C[C@H]1c2ccccc2[C@@H]2CN(C(=O)CCCNc3ccccn3)CC[C@H]12. The van der Waals surface area contributed by atoms with E-state index >= 15 is 0 Å². The van der Waals surface area contributed by atoms with Crippen LogP contribution in [0.4, 0.5) is 5.82 Å². The van der Waals surface area contributed by atoms with Crippen LogP contribution >= 0.6 is 0 Å². The highest BCUT2D eigenvalue weighted by atomic mass is 16.4. The summed E-state index contributed by atoms with van der Waals surface area (Å²) in [5.41, 5.74) is 2.40. The van der Waals surface area contributed by atoms with E-state index in [2.05, 4.69) is 22.4 Å². The molecule has 0 bridgehead atoms. The Morgan fingerprint density at radius 3 is 2.69 bits per heavy atom. The molecule has 1 fully saturated rings. The van der Waals surface area contributed by atoms with Gasteiger partial charge in [0.2, 0.25) is 5.91 Å². The van der Waals surface area contributed by atoms with Gasteiger partial charge in [-0.2, -0.15) is 0 Å². The van der Waals surface area contributed by atoms with Crippen molar-refractivity contribution in [3.63, 3.8) is 0 Å². The van der Waals surface area contributed by atoms with Crippen LogP contribution < -0.4 is 5.32 Å². The minimum absolute atomic E-state index is 0.0634. The largest absolute Gasteiger partial charge is 0.481 e. The molecule has 2 aromatic rings. The highest BCUT2D eigenvalue weighted by molar-refractivity contribution is 5.76. The Hall–Kier alpha value is -2.89. The number of nitrogens with one attached hydrogen (secondary N) is 1. The molecule has 1 aliphatic carbocycles. The van der Waals surface area contributed by atoms with Gasteiger partial charge in [0.1, 0.15) is 5.82 Å². The van der Waals surface area contributed by atoms with Crippen molar-refractivity contribution < 1.29 is 14.7 Å². The lowest BCUT2D eigenvalue weighted by molar-refractivity contribution is -0.138. The van der Waals surface area contributed by atoms with Crippen molar-refractivity contribution in [2.45, 2.75) is 37.5 Å². The summed E-state index contributed by atoms with van der Waals surface area (Å²) in [5.74, 6) is 0.898. The lowest BCUT2D eigenvalue weighted by atomic mass is 9.80. The van der Waals surface area contributed by atoms with Crippen LogP contribution in [0.25, 0.3) is 0 Å². The van der Waals surface area contributed by atoms with E-state index in [0.717, 1.165) is 25.2 Å². The van der Waals surface area contributed by atoms with Gasteiger partial charge >= 0.3 is 5.97 Å². The van der Waals surface area contributed by atoms with Crippen molar-refractivity contribution in [2.75, 3.05) is 25.0 Å². The van der Waals surface area contributed by atoms with Crippen LogP contribution in [0, 0.1) is 5.92 Å². The number of aliphatic carboxylic acids is 1. The van der Waals surface area contributed by atoms with Crippen molar-refractivity contribution in [2.24, 2.45) is 5.92 Å². The number of nitrogens with zero attached hydrogens (tertiary/aromatic N) is 2. The maximum atomic E-state index is 12.8. The van der Waals surface area contributed by atoms with Crippen molar-refractivity contribution in [1.29, 1.82) is 0 Å². The second kappa shape index (κ2) is 8.64. The fourth-order valence-electron chi connectivity index (χ4n) is 4.96. The Kier molecular flexibility index (Phi) is 5.79. The van der Waals surface area contributed by atoms with E-state index in [9.17, 15) is 14.7 Å². The zero-order chi connectivity index (χ0) is 20.2. The third-order valence-electron chi connectivity index (χ3n) is 6.26. The van der Waals surface area contributed by atoms with Crippen molar-refractivity contribution >= 4 is 17.7 Å². The average Bonchev–Trinajstić information content (AvgIpc) is 3.04. The molecule has 0 radical (unpaired) electrons. The number of amides is 1. The van der Waals surface area contributed by atoms with Gasteiger partial charge < -0.3 is 15.3 Å². The van der Waals surface area contributed by atoms with Gasteiger partial charge in [-0.05, 0) is 47.9 Å². The molecule has 2 heterocycles. The zero-order valence-corrected chi connectivity index (χ0v) is 16.5. The molecule has 2 N–H and O–H groups in total. The third kappa shape index (κ3) is 4.26. The molecule has 152 valence electrons. The fourth-order valence-corrected chi connectivity index (χ4v) is 4.96. The summed E-state index contributed by atoms with van der Waals surface area (Å²) >= 11 is 0. The van der Waals surface area contributed by atoms with Gasteiger partial charge in [-0.1, -0.05) is 30.3 Å². The lowest BCUT2D eigenvalue weighted by Gasteiger charge is -2.37. The van der Waals surface area contributed by atoms with Gasteiger partial charge in [-0.15, -0.1) is 0 Å². The first-order valence-corrected chi connectivity index (χ1v) is 10.4. The molecule has 29 heavy (non-hydrogen) atoms. The van der Waals surface area contributed by atoms with Gasteiger partial charge in [0.15, 0.2) is 0 Å². The van der Waals surface area contributed by atoms with E-state index in [1.54, 1.807) is 6.20 Å². The number of carbonyl (C=O) groups is 2. The summed E-state index contributed by atoms with van der Waals surface area (Å²) in [6.45, 7) is 2.13. The van der Waals surface area contributed by atoms with Crippen LogP contribution in [0.3, 0.4) is 0 Å². The van der Waals surface area contributed by atoms with Crippen molar-refractivity contribution in [3.8, 4) is 0 Å². The number of hydrogen-bond donors (Lipinski definition) is 2. The molecular weight excluding hydrogens is 366 g/mol. The highest BCUT2D eigenvalue weighted by Gasteiger charge is 2.44. The van der Waals surface area contributed by atoms with Gasteiger partial charge in [0.05, 0.1) is 6.42 Å². The molecule has 3 atom stereocenters. The highest BCUT2D eigenvalue weighted by Crippen LogP contribution is 2.51. The molecule has 1 aromatic carbocycles. The van der Waals surface area contributed by atoms with Crippen LogP contribution in [-0.4, -0.2) is 46.5 Å². The number of fused-ring (bicyclic) bond motifs is 3. The van der Waals surface area contributed by atoms with E-state index in [-0.39, 0.29) is 24.2 Å². The summed E-state index contributed by atoms with van der Waals surface area (Å²) < 4.78 is 0. The molecule has 0 spiro atoms. The first-order chi connectivity index (χ1) is 14.1. The molecule has 2 aliphatic rings. The van der Waals surface area contributed by atoms with E-state index in [4.69, 9.17) is 0 Å². The minimum Gasteiger partial charge on any atom is -0.481 e. The Balaban J connectivity index is 1.34. The second-order valence-corrected chi connectivity index (χ2v) is 7.98. The molecular formula is C23H27N3O3. The molecule has 1 saturated heterocycles. The molecule has 0 unspecified atom stereocenters. The van der Waals surface area contributed by atoms with E-state index in [1.807, 2.05) is 35.2 Å². The van der Waals surface area contributed by atoms with E-state index in [0.29, 0.717) is 25.4 Å². The topological polar surface area (TPSA) is 82.5 Å². The summed E-state index contributed by atoms with van der Waals surface area (Å²) in [6, 6.07) is 13.9. The zero-order valence-electron chi connectivity index (χ0n) is 16.5. The maximum absolute atomic E-state index is 12.8. The standard InChI is InChI=1S/C23H27N3O3/c27-22(9-5-12-25-21-8-3-4-11-24-21)26-13-10-18-19(14-23(28)29)16-6-1-2-7-17(16)20(18)15-26/h1-4,6-8,11,18-20H,5,9-10,12-15H2,(H,24,25)(H,28,29)/t18-,19+,20+/m1/s1. The van der Waals surface area contributed by atoms with Gasteiger partial charge in [-0.25, -0.2) is 4.98 Å². The summed E-state index contributed by atoms with van der Waals surface area (Å²) in [6.07, 6.45) is 4.06. The van der Waals surface area contributed by atoms with Crippen molar-refractivity contribution in [1.82, 2.24) is 9.88 Å². The van der Waals surface area contributed by atoms with Gasteiger partial charge in [0.25, 0.3) is 0 Å². The molecule has 1 amide bonds. The number of carboxylic acid groups (broad SMARTS) is 1. The average molecular weight is 393 g/mol. The molecule has 0 saturated carbocycles. The van der Waals surface area contributed by atoms with E-state index < -0.39 is 5.97 Å². The molecule has 6 heteroatoms. The number of pyridine rings is 1. The van der Waals surface area contributed by atoms with E-state index in [1.165, 1.54) is 11.1 Å². The predicted octanol–water partition coefficient (Wildman–Crippen LogP) is 3.48. The Labute approximate surface area is 171 Å². The third-order valence-corrected chi connectivity index (χ3v) is 6.26. The van der Waals surface area contributed by atoms with Crippen LogP contribution in [0.15, 0.2) is 48.7 Å². The smallest absolute Gasteiger partial charge is 0.303 e. The fraction of sp³-hybridized carbons (Fsp3) is 0.435. The number of anilines is 1. The number of aromatic nitrogens is 1. The number of piperidine rings is 1. The van der Waals surface area contributed by atoms with Gasteiger partial charge in [-0.3, -0.25) is 9.59 Å². The second-order valence-electron chi connectivity index (χ2n) is 7.98. The molecule has 4 rings (SSSR count). The molecule has 1 aliphatic heterocycles. The molecule has 1 aromatic heterocycles. The number of likely N-dealkylation sites (tertiary alicyclic amines) is 1. The van der Waals surface area contributed by atoms with Crippen LogP contribution in [0.5, 0.6) is 0 Å². The summed E-state index contributed by atoms with van der Waals surface area (Å²) in [4.78, 5) is 30.3. The Morgan fingerprint density at radius 2 is 1.93 bits per heavy atom. The number of carboxylic acids is 1. The summed E-state index contributed by atoms with van der Waals surface area (Å²) in [5, 5.41) is 12.6. The van der Waals surface area contributed by atoms with Crippen molar-refractivity contribution in [3.05, 3.63) is 59.8 Å². The number of carbonyl (C=O) groups excluding carboxylic acids is 1. The van der Waals surface area contributed by atoms with Crippen LogP contribution in [0.2, 0.25) is 0 Å². The number of benzene rings is 1. The number of rotatable bonds is 7. The predicted molar refractivity (Wildman–Crippen MR) is 111 cm³/mol. The number of hydrogen-bond acceptors (Lipinski definition) is 4.